The lowest BCUT2D eigenvalue weighted by atomic mass is 10.1. The molecule has 2 N–H and O–H groups in total. The first kappa shape index (κ1) is 14.4. The Labute approximate surface area is 107 Å². The van der Waals surface area contributed by atoms with E-state index in [2.05, 4.69) is 14.7 Å². The average molecular weight is 253 g/mol. The molecule has 1 rings (SSSR count). The number of nitrogens with two attached hydrogens (primary N) is 1. The lowest BCUT2D eigenvalue weighted by molar-refractivity contribution is 0.0598. The Balaban J connectivity index is 3.16. The molecule has 0 bridgehead atoms. The van der Waals surface area contributed by atoms with Gasteiger partial charge in [0.05, 0.1) is 12.8 Å². The highest BCUT2D eigenvalue weighted by Crippen LogP contribution is 2.22. The molecule has 18 heavy (non-hydrogen) atoms. The summed E-state index contributed by atoms with van der Waals surface area (Å²) in [5.74, 6) is 0.102. The molecule has 0 spiro atoms. The van der Waals surface area contributed by atoms with Crippen LogP contribution in [0.1, 0.15) is 47.7 Å². The molecule has 1 aromatic heterocycles. The standard InChI is InChI=1S/C12H19N3O3/c1-5-6-8(17-3)11-14-7(2)9(10(13)15-11)12(16)18-4/h8H,5-6H2,1-4H3,(H2,13,14,15). The van der Waals surface area contributed by atoms with Crippen molar-refractivity contribution in [3.8, 4) is 0 Å². The fourth-order valence-corrected chi connectivity index (χ4v) is 1.73. The van der Waals surface area contributed by atoms with Crippen LogP contribution in [0, 0.1) is 6.92 Å². The van der Waals surface area contributed by atoms with E-state index in [0.29, 0.717) is 11.5 Å². The lowest BCUT2D eigenvalue weighted by Gasteiger charge is -2.15. The number of methoxy groups -OCH3 is 2. The van der Waals surface area contributed by atoms with Gasteiger partial charge >= 0.3 is 5.97 Å². The Morgan fingerprint density at radius 3 is 2.50 bits per heavy atom. The van der Waals surface area contributed by atoms with Crippen molar-refractivity contribution < 1.29 is 14.3 Å². The maximum atomic E-state index is 11.5. The molecule has 1 unspecified atom stereocenters. The molecule has 6 heteroatoms. The van der Waals surface area contributed by atoms with E-state index in [9.17, 15) is 4.79 Å². The maximum Gasteiger partial charge on any atom is 0.343 e. The monoisotopic (exact) mass is 253 g/mol. The van der Waals surface area contributed by atoms with E-state index in [1.54, 1.807) is 14.0 Å². The summed E-state index contributed by atoms with van der Waals surface area (Å²) in [5.41, 5.74) is 6.50. The molecular formula is C12H19N3O3. The van der Waals surface area contributed by atoms with E-state index >= 15 is 0 Å². The Bertz CT molecular complexity index is 412. The number of esters is 1. The van der Waals surface area contributed by atoms with Crippen LogP contribution < -0.4 is 5.73 Å². The Hall–Kier alpha value is -1.69. The summed E-state index contributed by atoms with van der Waals surface area (Å²) in [7, 11) is 2.90. The molecule has 100 valence electrons. The molecule has 0 aliphatic rings. The zero-order valence-corrected chi connectivity index (χ0v) is 11.2. The van der Waals surface area contributed by atoms with Gasteiger partial charge in [-0.25, -0.2) is 14.8 Å². The summed E-state index contributed by atoms with van der Waals surface area (Å²) in [4.78, 5) is 19.9. The van der Waals surface area contributed by atoms with Crippen molar-refractivity contribution in [2.75, 3.05) is 20.0 Å². The number of carbonyl (C=O) groups is 1. The largest absolute Gasteiger partial charge is 0.465 e. The third-order valence-electron chi connectivity index (χ3n) is 2.65. The second-order valence-corrected chi connectivity index (χ2v) is 3.93. The van der Waals surface area contributed by atoms with Crippen molar-refractivity contribution >= 4 is 11.8 Å². The number of hydrogen-bond acceptors (Lipinski definition) is 6. The lowest BCUT2D eigenvalue weighted by Crippen LogP contribution is -2.16. The van der Waals surface area contributed by atoms with Crippen LogP contribution in [-0.2, 0) is 9.47 Å². The minimum Gasteiger partial charge on any atom is -0.465 e. The fourth-order valence-electron chi connectivity index (χ4n) is 1.73. The van der Waals surface area contributed by atoms with Crippen LogP contribution in [0.25, 0.3) is 0 Å². The third-order valence-corrected chi connectivity index (χ3v) is 2.65. The number of aryl methyl sites for hydroxylation is 1. The predicted molar refractivity (Wildman–Crippen MR) is 67.2 cm³/mol. The van der Waals surface area contributed by atoms with Gasteiger partial charge in [-0.15, -0.1) is 0 Å². The predicted octanol–water partition coefficient (Wildman–Crippen LogP) is 1.64. The molecule has 0 fully saturated rings. The number of nitrogens with zero attached hydrogens (tertiary/aromatic N) is 2. The number of ether oxygens (including phenoxy) is 2. The van der Waals surface area contributed by atoms with E-state index in [4.69, 9.17) is 10.5 Å². The van der Waals surface area contributed by atoms with Crippen molar-refractivity contribution in [2.24, 2.45) is 0 Å². The van der Waals surface area contributed by atoms with Gasteiger partial charge in [0.1, 0.15) is 17.5 Å². The van der Waals surface area contributed by atoms with Crippen molar-refractivity contribution in [1.29, 1.82) is 0 Å². The van der Waals surface area contributed by atoms with Gasteiger partial charge in [0.25, 0.3) is 0 Å². The Kier molecular flexibility index (Phi) is 5.03. The first-order valence-corrected chi connectivity index (χ1v) is 5.80. The van der Waals surface area contributed by atoms with Gasteiger partial charge in [-0.2, -0.15) is 0 Å². The molecule has 0 aliphatic carbocycles. The number of rotatable bonds is 5. The first-order chi connectivity index (χ1) is 8.54. The first-order valence-electron chi connectivity index (χ1n) is 5.80. The van der Waals surface area contributed by atoms with Gasteiger partial charge in [-0.1, -0.05) is 13.3 Å². The summed E-state index contributed by atoms with van der Waals surface area (Å²) >= 11 is 0. The van der Waals surface area contributed by atoms with Crippen LogP contribution in [0.3, 0.4) is 0 Å². The molecule has 0 amide bonds. The van der Waals surface area contributed by atoms with Gasteiger partial charge in [0.2, 0.25) is 0 Å². The van der Waals surface area contributed by atoms with Crippen molar-refractivity contribution in [2.45, 2.75) is 32.8 Å². The number of aromatic nitrogens is 2. The number of carbonyl (C=O) groups excluding carboxylic acids is 1. The zero-order valence-electron chi connectivity index (χ0n) is 11.2. The molecule has 1 heterocycles. The van der Waals surface area contributed by atoms with E-state index < -0.39 is 5.97 Å². The van der Waals surface area contributed by atoms with Crippen LogP contribution in [0.4, 0.5) is 5.82 Å². The number of nitrogen functional groups attached to an aromatic ring is 1. The minimum atomic E-state index is -0.527. The molecule has 0 aromatic carbocycles. The summed E-state index contributed by atoms with van der Waals surface area (Å²) in [6.45, 7) is 3.75. The van der Waals surface area contributed by atoms with E-state index in [1.165, 1.54) is 7.11 Å². The van der Waals surface area contributed by atoms with Crippen molar-refractivity contribution in [1.82, 2.24) is 9.97 Å². The van der Waals surface area contributed by atoms with Crippen LogP contribution in [0.15, 0.2) is 0 Å². The zero-order chi connectivity index (χ0) is 13.7. The number of anilines is 1. The molecule has 1 atom stereocenters. The van der Waals surface area contributed by atoms with Crippen LogP contribution in [-0.4, -0.2) is 30.2 Å². The highest BCUT2D eigenvalue weighted by molar-refractivity contribution is 5.95. The molecule has 0 radical (unpaired) electrons. The summed E-state index contributed by atoms with van der Waals surface area (Å²) in [6, 6.07) is 0. The quantitative estimate of drug-likeness (QED) is 0.803. The van der Waals surface area contributed by atoms with E-state index in [-0.39, 0.29) is 17.5 Å². The topological polar surface area (TPSA) is 87.3 Å². The van der Waals surface area contributed by atoms with Gasteiger partial charge in [0, 0.05) is 7.11 Å². The average Bonchev–Trinajstić information content (AvgIpc) is 2.34. The molecule has 1 aromatic rings. The Morgan fingerprint density at radius 2 is 2.06 bits per heavy atom. The fraction of sp³-hybridized carbons (Fsp3) is 0.583. The molecule has 6 nitrogen and oxygen atoms in total. The SMILES string of the molecule is CCCC(OC)c1nc(C)c(C(=O)OC)c(N)n1. The van der Waals surface area contributed by atoms with E-state index in [1.807, 2.05) is 6.92 Å². The van der Waals surface area contributed by atoms with Gasteiger partial charge < -0.3 is 15.2 Å². The molecule has 0 aliphatic heterocycles. The molecule has 0 saturated carbocycles. The van der Waals surface area contributed by atoms with Crippen molar-refractivity contribution in [3.05, 3.63) is 17.1 Å². The number of hydrogen-bond donors (Lipinski definition) is 1. The Morgan fingerprint density at radius 1 is 1.39 bits per heavy atom. The second-order valence-electron chi connectivity index (χ2n) is 3.93. The molecular weight excluding hydrogens is 234 g/mol. The van der Waals surface area contributed by atoms with Crippen LogP contribution >= 0.6 is 0 Å². The smallest absolute Gasteiger partial charge is 0.343 e. The van der Waals surface area contributed by atoms with Gasteiger partial charge in [0.15, 0.2) is 5.82 Å². The maximum absolute atomic E-state index is 11.5. The molecule has 0 saturated heterocycles. The van der Waals surface area contributed by atoms with E-state index in [0.717, 1.165) is 12.8 Å². The normalized spacial score (nSPS) is 12.2. The van der Waals surface area contributed by atoms with Crippen LogP contribution in [0.2, 0.25) is 0 Å². The highest BCUT2D eigenvalue weighted by Gasteiger charge is 2.20. The summed E-state index contributed by atoms with van der Waals surface area (Å²) < 4.78 is 9.96. The third kappa shape index (κ3) is 2.95. The van der Waals surface area contributed by atoms with Crippen LogP contribution in [0.5, 0.6) is 0 Å². The van der Waals surface area contributed by atoms with Crippen molar-refractivity contribution in [3.63, 3.8) is 0 Å². The summed E-state index contributed by atoms with van der Waals surface area (Å²) in [5, 5.41) is 0. The van der Waals surface area contributed by atoms with Gasteiger partial charge in [-0.3, -0.25) is 0 Å². The summed E-state index contributed by atoms with van der Waals surface area (Å²) in [6.07, 6.45) is 1.54. The highest BCUT2D eigenvalue weighted by atomic mass is 16.5. The minimum absolute atomic E-state index is 0.127. The van der Waals surface area contributed by atoms with Gasteiger partial charge in [-0.05, 0) is 13.3 Å². The second kappa shape index (κ2) is 6.30.